The predicted octanol–water partition coefficient (Wildman–Crippen LogP) is 0.727. The molecule has 6 heteroatoms. The summed E-state index contributed by atoms with van der Waals surface area (Å²) in [4.78, 5) is 11.1. The first kappa shape index (κ1) is 12.4. The number of rotatable bonds is 4. The summed E-state index contributed by atoms with van der Waals surface area (Å²) in [5.41, 5.74) is 0.253. The molecule has 3 N–H and O–H groups in total. The number of amides is 1. The molecular weight excluding hydrogens is 217 g/mol. The predicted molar refractivity (Wildman–Crippen MR) is 54.5 cm³/mol. The van der Waals surface area contributed by atoms with E-state index in [4.69, 9.17) is 10.2 Å². The second kappa shape index (κ2) is 6.04. The summed E-state index contributed by atoms with van der Waals surface area (Å²) >= 11 is 0. The van der Waals surface area contributed by atoms with Crippen LogP contribution < -0.4 is 5.32 Å². The van der Waals surface area contributed by atoms with Crippen LogP contribution in [0, 0.1) is 5.82 Å². The second-order valence-electron chi connectivity index (χ2n) is 3.07. The Morgan fingerprint density at radius 2 is 2.31 bits per heavy atom. The van der Waals surface area contributed by atoms with E-state index in [1.807, 2.05) is 0 Å². The number of carbonyl (C=O) groups is 1. The van der Waals surface area contributed by atoms with Gasteiger partial charge in [-0.1, -0.05) is 6.07 Å². The van der Waals surface area contributed by atoms with E-state index in [1.54, 1.807) is 0 Å². The van der Waals surface area contributed by atoms with Gasteiger partial charge in [0, 0.05) is 5.69 Å². The molecule has 0 unspecified atom stereocenters. The van der Waals surface area contributed by atoms with Crippen molar-refractivity contribution in [3.63, 3.8) is 0 Å². The molecule has 0 aliphatic heterocycles. The quantitative estimate of drug-likeness (QED) is 0.711. The van der Waals surface area contributed by atoms with Crippen molar-refractivity contribution in [2.24, 2.45) is 0 Å². The maximum atomic E-state index is 12.7. The number of carbonyl (C=O) groups excluding carboxylic acids is 1. The highest BCUT2D eigenvalue weighted by Crippen LogP contribution is 2.09. The van der Waals surface area contributed by atoms with Gasteiger partial charge in [-0.15, -0.1) is 0 Å². The smallest absolute Gasteiger partial charge is 0.411 e. The summed E-state index contributed by atoms with van der Waals surface area (Å²) < 4.78 is 17.3. The topological polar surface area (TPSA) is 78.8 Å². The number of ether oxygens (including phenoxy) is 1. The molecule has 0 fully saturated rings. The van der Waals surface area contributed by atoms with Crippen LogP contribution in [0.15, 0.2) is 24.3 Å². The fraction of sp³-hybridized carbons (Fsp3) is 0.300. The minimum atomic E-state index is -1.11. The van der Waals surface area contributed by atoms with Gasteiger partial charge in [-0.3, -0.25) is 5.32 Å². The molecule has 0 aromatic heterocycles. The number of benzene rings is 1. The molecule has 5 nitrogen and oxygen atoms in total. The van der Waals surface area contributed by atoms with Crippen molar-refractivity contribution in [3.05, 3.63) is 30.1 Å². The summed E-state index contributed by atoms with van der Waals surface area (Å²) in [6.07, 6.45) is -1.93. The molecule has 1 atom stereocenters. The Balaban J connectivity index is 2.40. The number of nitrogens with one attached hydrogen (secondary N) is 1. The highest BCUT2D eigenvalue weighted by molar-refractivity contribution is 5.84. The van der Waals surface area contributed by atoms with Crippen LogP contribution in [-0.2, 0) is 4.74 Å². The number of hydrogen-bond donors (Lipinski definition) is 3. The third-order valence-corrected chi connectivity index (χ3v) is 1.69. The van der Waals surface area contributed by atoms with Crippen LogP contribution >= 0.6 is 0 Å². The van der Waals surface area contributed by atoms with Crippen molar-refractivity contribution in [3.8, 4) is 0 Å². The van der Waals surface area contributed by atoms with Gasteiger partial charge in [0.2, 0.25) is 0 Å². The van der Waals surface area contributed by atoms with Crippen molar-refractivity contribution >= 4 is 11.8 Å². The van der Waals surface area contributed by atoms with E-state index in [1.165, 1.54) is 18.2 Å². The SMILES string of the molecule is O=C(Nc1cccc(F)c1)OC[C@@H](O)CO. The van der Waals surface area contributed by atoms with E-state index in [-0.39, 0.29) is 12.3 Å². The molecule has 0 aliphatic carbocycles. The fourth-order valence-corrected chi connectivity index (χ4v) is 0.945. The molecule has 0 saturated heterocycles. The van der Waals surface area contributed by atoms with Gasteiger partial charge in [0.1, 0.15) is 18.5 Å². The first-order valence-corrected chi connectivity index (χ1v) is 4.60. The molecule has 0 spiro atoms. The average Bonchev–Trinajstić information content (AvgIpc) is 2.26. The summed E-state index contributed by atoms with van der Waals surface area (Å²) in [6.45, 7) is -0.815. The highest BCUT2D eigenvalue weighted by Gasteiger charge is 2.07. The van der Waals surface area contributed by atoms with Crippen LogP contribution in [0.4, 0.5) is 14.9 Å². The summed E-state index contributed by atoms with van der Waals surface area (Å²) in [6, 6.07) is 5.30. The van der Waals surface area contributed by atoms with Crippen molar-refractivity contribution in [1.29, 1.82) is 0 Å². The number of hydrogen-bond acceptors (Lipinski definition) is 4. The molecular formula is C10H12FNO4. The number of aliphatic hydroxyl groups excluding tert-OH is 2. The lowest BCUT2D eigenvalue weighted by Gasteiger charge is -2.09. The first-order chi connectivity index (χ1) is 7.61. The average molecular weight is 229 g/mol. The standard InChI is InChI=1S/C10H12FNO4/c11-7-2-1-3-8(4-7)12-10(15)16-6-9(14)5-13/h1-4,9,13-14H,5-6H2,(H,12,15)/t9-/m0/s1. The van der Waals surface area contributed by atoms with Gasteiger partial charge in [-0.05, 0) is 18.2 Å². The summed E-state index contributed by atoms with van der Waals surface area (Å²) in [5.74, 6) is -0.479. The van der Waals surface area contributed by atoms with Crippen molar-refractivity contribution in [2.45, 2.75) is 6.10 Å². The second-order valence-corrected chi connectivity index (χ2v) is 3.07. The van der Waals surface area contributed by atoms with Crippen molar-refractivity contribution < 1.29 is 24.1 Å². The molecule has 0 bridgehead atoms. The Kier molecular flexibility index (Phi) is 4.68. The van der Waals surface area contributed by atoms with Gasteiger partial charge >= 0.3 is 6.09 Å². The van der Waals surface area contributed by atoms with Crippen molar-refractivity contribution in [2.75, 3.05) is 18.5 Å². The molecule has 88 valence electrons. The van der Waals surface area contributed by atoms with E-state index in [0.717, 1.165) is 6.07 Å². The van der Waals surface area contributed by atoms with Crippen molar-refractivity contribution in [1.82, 2.24) is 0 Å². The molecule has 0 heterocycles. The third kappa shape index (κ3) is 4.24. The minimum absolute atomic E-state index is 0.253. The molecule has 0 radical (unpaired) electrons. The zero-order chi connectivity index (χ0) is 12.0. The van der Waals surface area contributed by atoms with Crippen LogP contribution in [0.2, 0.25) is 0 Å². The highest BCUT2D eigenvalue weighted by atomic mass is 19.1. The molecule has 1 aromatic carbocycles. The van der Waals surface area contributed by atoms with Crippen LogP contribution in [0.5, 0.6) is 0 Å². The van der Waals surface area contributed by atoms with Crippen LogP contribution in [0.3, 0.4) is 0 Å². The monoisotopic (exact) mass is 229 g/mol. The van der Waals surface area contributed by atoms with E-state index in [9.17, 15) is 9.18 Å². The number of anilines is 1. The van der Waals surface area contributed by atoms with E-state index in [0.29, 0.717) is 0 Å². The van der Waals surface area contributed by atoms with Crippen LogP contribution in [0.25, 0.3) is 0 Å². The number of aliphatic hydroxyl groups is 2. The van der Waals surface area contributed by atoms with Crippen LogP contribution in [0.1, 0.15) is 0 Å². The minimum Gasteiger partial charge on any atom is -0.446 e. The van der Waals surface area contributed by atoms with Gasteiger partial charge in [0.05, 0.1) is 6.61 Å². The number of halogens is 1. The van der Waals surface area contributed by atoms with Gasteiger partial charge in [-0.25, -0.2) is 9.18 Å². The molecule has 0 aliphatic rings. The fourth-order valence-electron chi connectivity index (χ4n) is 0.945. The maximum absolute atomic E-state index is 12.7. The zero-order valence-corrected chi connectivity index (χ0v) is 8.39. The molecule has 16 heavy (non-hydrogen) atoms. The van der Waals surface area contributed by atoms with E-state index >= 15 is 0 Å². The lowest BCUT2D eigenvalue weighted by molar-refractivity contribution is 0.0362. The van der Waals surface area contributed by atoms with Gasteiger partial charge in [0.25, 0.3) is 0 Å². The van der Waals surface area contributed by atoms with E-state index < -0.39 is 24.6 Å². The largest absolute Gasteiger partial charge is 0.446 e. The lowest BCUT2D eigenvalue weighted by Crippen LogP contribution is -2.24. The van der Waals surface area contributed by atoms with Crippen LogP contribution in [-0.4, -0.2) is 35.6 Å². The third-order valence-electron chi connectivity index (χ3n) is 1.69. The Hall–Kier alpha value is -1.66. The zero-order valence-electron chi connectivity index (χ0n) is 8.39. The van der Waals surface area contributed by atoms with E-state index in [2.05, 4.69) is 10.1 Å². The Morgan fingerprint density at radius 1 is 1.56 bits per heavy atom. The molecule has 1 amide bonds. The Bertz CT molecular complexity index is 358. The Labute approximate surface area is 91.5 Å². The normalized spacial score (nSPS) is 11.9. The molecule has 1 aromatic rings. The van der Waals surface area contributed by atoms with Gasteiger partial charge < -0.3 is 14.9 Å². The Morgan fingerprint density at radius 3 is 2.94 bits per heavy atom. The summed E-state index contributed by atoms with van der Waals surface area (Å²) in [5, 5.41) is 19.6. The first-order valence-electron chi connectivity index (χ1n) is 4.60. The lowest BCUT2D eigenvalue weighted by atomic mass is 10.3. The molecule has 1 rings (SSSR count). The van der Waals surface area contributed by atoms with Gasteiger partial charge in [-0.2, -0.15) is 0 Å². The maximum Gasteiger partial charge on any atom is 0.411 e. The molecule has 0 saturated carbocycles. The summed E-state index contributed by atoms with van der Waals surface area (Å²) in [7, 11) is 0. The van der Waals surface area contributed by atoms with Gasteiger partial charge in [0.15, 0.2) is 0 Å².